The molecule has 2 rings (SSSR count). The number of methoxy groups -OCH3 is 1. The molecule has 0 bridgehead atoms. The Labute approximate surface area is 172 Å². The van der Waals surface area contributed by atoms with E-state index in [9.17, 15) is 4.79 Å². The van der Waals surface area contributed by atoms with Crippen LogP contribution in [0.2, 0.25) is 0 Å². The molecule has 0 radical (unpaired) electrons. The minimum atomic E-state index is 0.245. The van der Waals surface area contributed by atoms with Gasteiger partial charge in [0.15, 0.2) is 0 Å². The molecule has 0 spiro atoms. The summed E-state index contributed by atoms with van der Waals surface area (Å²) in [6.45, 7) is 12.1. The Morgan fingerprint density at radius 1 is 1.14 bits per heavy atom. The van der Waals surface area contributed by atoms with Crippen LogP contribution in [0.3, 0.4) is 0 Å². The number of nitrogens with one attached hydrogen (secondary N) is 1. The number of hydrogen-bond donors (Lipinski definition) is 1. The Balaban J connectivity index is 2.35. The first-order chi connectivity index (χ1) is 13.3. The van der Waals surface area contributed by atoms with Gasteiger partial charge in [-0.15, -0.1) is 0 Å². The summed E-state index contributed by atoms with van der Waals surface area (Å²) >= 11 is 0. The van der Waals surface area contributed by atoms with Crippen molar-refractivity contribution >= 4 is 17.7 Å². The highest BCUT2D eigenvalue weighted by molar-refractivity contribution is 5.72. The molecule has 0 aromatic heterocycles. The van der Waals surface area contributed by atoms with E-state index in [1.165, 1.54) is 29.8 Å². The molecule has 0 saturated heterocycles. The summed E-state index contributed by atoms with van der Waals surface area (Å²) in [4.78, 5) is 13.6. The van der Waals surface area contributed by atoms with Crippen LogP contribution < -0.4 is 10.2 Å². The van der Waals surface area contributed by atoms with E-state index >= 15 is 0 Å². The molecule has 1 fully saturated rings. The van der Waals surface area contributed by atoms with Gasteiger partial charge < -0.3 is 19.7 Å². The van der Waals surface area contributed by atoms with Crippen molar-refractivity contribution in [3.05, 3.63) is 23.8 Å². The normalized spacial score (nSPS) is 21.0. The van der Waals surface area contributed by atoms with Crippen LogP contribution in [0.4, 0.5) is 11.4 Å². The fraction of sp³-hybridized carbons (Fsp3) is 0.708. The number of aldehydes is 1. The molecule has 1 atom stereocenters. The molecular formula is C24H40N2O2. The Hall–Kier alpha value is -1.55. The molecule has 158 valence electrons. The van der Waals surface area contributed by atoms with Gasteiger partial charge in [0.2, 0.25) is 0 Å². The highest BCUT2D eigenvalue weighted by Gasteiger charge is 2.28. The average molecular weight is 389 g/mol. The van der Waals surface area contributed by atoms with Crippen LogP contribution in [0.25, 0.3) is 0 Å². The maximum atomic E-state index is 11.0. The van der Waals surface area contributed by atoms with Crippen molar-refractivity contribution in [1.29, 1.82) is 0 Å². The maximum Gasteiger partial charge on any atom is 0.120 e. The number of nitrogens with zero attached hydrogens (tertiary/aromatic N) is 1. The molecule has 1 unspecified atom stereocenters. The number of rotatable bonds is 10. The largest absolute Gasteiger partial charge is 0.381 e. The maximum absolute atomic E-state index is 11.0. The van der Waals surface area contributed by atoms with Gasteiger partial charge in [-0.1, -0.05) is 26.8 Å². The Kier molecular flexibility index (Phi) is 8.81. The summed E-state index contributed by atoms with van der Waals surface area (Å²) < 4.78 is 5.59. The molecule has 1 aromatic carbocycles. The number of anilines is 2. The van der Waals surface area contributed by atoms with Gasteiger partial charge in [0, 0.05) is 32.2 Å². The van der Waals surface area contributed by atoms with Crippen LogP contribution in [0.15, 0.2) is 18.2 Å². The first-order valence-electron chi connectivity index (χ1n) is 11.0. The van der Waals surface area contributed by atoms with Crippen molar-refractivity contribution in [2.45, 2.75) is 90.8 Å². The summed E-state index contributed by atoms with van der Waals surface area (Å²) in [5.41, 5.74) is 3.72. The average Bonchev–Trinajstić information content (AvgIpc) is 2.66. The van der Waals surface area contributed by atoms with Gasteiger partial charge in [0.25, 0.3) is 0 Å². The molecule has 0 amide bonds. The smallest absolute Gasteiger partial charge is 0.120 e. The quantitative estimate of drug-likeness (QED) is 0.528. The minimum Gasteiger partial charge on any atom is -0.381 e. The van der Waals surface area contributed by atoms with E-state index in [2.05, 4.69) is 63.0 Å². The predicted octanol–water partition coefficient (Wildman–Crippen LogP) is 5.62. The molecule has 4 heteroatoms. The van der Waals surface area contributed by atoms with Gasteiger partial charge in [-0.3, -0.25) is 0 Å². The highest BCUT2D eigenvalue weighted by atomic mass is 16.5. The van der Waals surface area contributed by atoms with Crippen molar-refractivity contribution in [2.24, 2.45) is 5.92 Å². The van der Waals surface area contributed by atoms with E-state index in [0.717, 1.165) is 25.7 Å². The number of carbonyl (C=O) groups is 1. The minimum absolute atomic E-state index is 0.245. The van der Waals surface area contributed by atoms with E-state index in [1.807, 2.05) is 7.11 Å². The molecule has 1 aliphatic rings. The Bertz CT molecular complexity index is 607. The number of benzene rings is 1. The lowest BCUT2D eigenvalue weighted by atomic mass is 9.90. The monoisotopic (exact) mass is 388 g/mol. The second kappa shape index (κ2) is 10.8. The van der Waals surface area contributed by atoms with Crippen LogP contribution in [0.1, 0.15) is 78.2 Å². The molecule has 0 aliphatic heterocycles. The van der Waals surface area contributed by atoms with Gasteiger partial charge in [-0.2, -0.15) is 0 Å². The number of carbonyl (C=O) groups excluding carboxylic acids is 1. The first kappa shape index (κ1) is 22.7. The van der Waals surface area contributed by atoms with Crippen LogP contribution in [0, 0.1) is 5.92 Å². The molecule has 1 N–H and O–H groups in total. The molecular weight excluding hydrogens is 348 g/mol. The molecule has 28 heavy (non-hydrogen) atoms. The van der Waals surface area contributed by atoms with Crippen molar-refractivity contribution < 1.29 is 9.53 Å². The third-order valence-electron chi connectivity index (χ3n) is 5.77. The first-order valence-corrected chi connectivity index (χ1v) is 11.0. The van der Waals surface area contributed by atoms with E-state index in [0.29, 0.717) is 30.5 Å². The van der Waals surface area contributed by atoms with Crippen molar-refractivity contribution in [3.8, 4) is 0 Å². The van der Waals surface area contributed by atoms with Crippen molar-refractivity contribution in [1.82, 2.24) is 0 Å². The second-order valence-corrected chi connectivity index (χ2v) is 9.09. The number of ether oxygens (including phenoxy) is 1. The third kappa shape index (κ3) is 6.23. The zero-order chi connectivity index (χ0) is 20.7. The van der Waals surface area contributed by atoms with Gasteiger partial charge in [0.1, 0.15) is 6.29 Å². The zero-order valence-corrected chi connectivity index (χ0v) is 18.7. The zero-order valence-electron chi connectivity index (χ0n) is 18.7. The Morgan fingerprint density at radius 3 is 2.36 bits per heavy atom. The van der Waals surface area contributed by atoms with Crippen molar-refractivity contribution in [3.63, 3.8) is 0 Å². The highest BCUT2D eigenvalue weighted by Crippen LogP contribution is 2.36. The standard InChI is InChI=1S/C24H40N2O2/c1-17(2)16-26(21-8-10-22(28-6)11-9-21)24-12-7-20(19(5)13-14-27)15-23(24)25-18(3)4/h7,12,14-15,17-19,21-22,25H,8-11,13,16H2,1-6H3. The van der Waals surface area contributed by atoms with E-state index < -0.39 is 0 Å². The molecule has 0 heterocycles. The third-order valence-corrected chi connectivity index (χ3v) is 5.77. The van der Waals surface area contributed by atoms with E-state index in [1.54, 1.807) is 0 Å². The SMILES string of the molecule is COC1CCC(N(CC(C)C)c2ccc(C(C)CC=O)cc2NC(C)C)CC1. The van der Waals surface area contributed by atoms with Crippen LogP contribution in [0.5, 0.6) is 0 Å². The Morgan fingerprint density at radius 2 is 1.82 bits per heavy atom. The van der Waals surface area contributed by atoms with Gasteiger partial charge >= 0.3 is 0 Å². The van der Waals surface area contributed by atoms with Crippen LogP contribution in [-0.2, 0) is 9.53 Å². The van der Waals surface area contributed by atoms with E-state index in [-0.39, 0.29) is 5.92 Å². The summed E-state index contributed by atoms with van der Waals surface area (Å²) in [6.07, 6.45) is 6.63. The molecule has 1 aromatic rings. The lowest BCUT2D eigenvalue weighted by molar-refractivity contribution is -0.108. The summed E-state index contributed by atoms with van der Waals surface area (Å²) in [5, 5.41) is 3.67. The summed E-state index contributed by atoms with van der Waals surface area (Å²) in [7, 11) is 1.83. The van der Waals surface area contributed by atoms with Gasteiger partial charge in [-0.25, -0.2) is 0 Å². The molecule has 1 aliphatic carbocycles. The molecule has 1 saturated carbocycles. The van der Waals surface area contributed by atoms with Crippen LogP contribution >= 0.6 is 0 Å². The van der Waals surface area contributed by atoms with Gasteiger partial charge in [0.05, 0.1) is 17.5 Å². The topological polar surface area (TPSA) is 41.6 Å². The summed E-state index contributed by atoms with van der Waals surface area (Å²) in [5.74, 6) is 0.843. The second-order valence-electron chi connectivity index (χ2n) is 9.09. The predicted molar refractivity (Wildman–Crippen MR) is 120 cm³/mol. The van der Waals surface area contributed by atoms with Crippen LogP contribution in [-0.4, -0.2) is 38.1 Å². The fourth-order valence-electron chi connectivity index (χ4n) is 4.25. The van der Waals surface area contributed by atoms with E-state index in [4.69, 9.17) is 4.74 Å². The number of hydrogen-bond acceptors (Lipinski definition) is 4. The van der Waals surface area contributed by atoms with Gasteiger partial charge in [-0.05, 0) is 69.1 Å². The fourth-order valence-corrected chi connectivity index (χ4v) is 4.25. The molecule has 4 nitrogen and oxygen atoms in total. The summed E-state index contributed by atoms with van der Waals surface area (Å²) in [6, 6.07) is 7.66. The lowest BCUT2D eigenvalue weighted by Crippen LogP contribution is -2.42. The lowest BCUT2D eigenvalue weighted by Gasteiger charge is -2.40. The van der Waals surface area contributed by atoms with Crippen molar-refractivity contribution in [2.75, 3.05) is 23.9 Å².